The Morgan fingerprint density at radius 1 is 1.24 bits per heavy atom. The lowest BCUT2D eigenvalue weighted by Crippen LogP contribution is -2.13. The maximum atomic E-state index is 5.69. The zero-order chi connectivity index (χ0) is 12.5. The van der Waals surface area contributed by atoms with Crippen LogP contribution < -0.4 is 10.1 Å². The Morgan fingerprint density at radius 2 is 2.06 bits per heavy atom. The average molecular weight is 235 g/mol. The molecule has 0 atom stereocenters. The molecule has 1 rings (SSSR count). The molecule has 0 radical (unpaired) electrons. The molecule has 0 aliphatic carbocycles. The fraction of sp³-hybridized carbons (Fsp3) is 0.600. The largest absolute Gasteiger partial charge is 0.491 e. The second-order valence-electron chi connectivity index (χ2n) is 4.62. The molecule has 2 nitrogen and oxygen atoms in total. The van der Waals surface area contributed by atoms with Crippen molar-refractivity contribution in [2.75, 3.05) is 13.1 Å². The Balaban J connectivity index is 2.32. The van der Waals surface area contributed by atoms with Crippen LogP contribution in [0.2, 0.25) is 0 Å². The number of aryl methyl sites for hydroxylation is 1. The van der Waals surface area contributed by atoms with Crippen molar-refractivity contribution in [2.45, 2.75) is 46.1 Å². The summed E-state index contributed by atoms with van der Waals surface area (Å²) in [5, 5.41) is 3.35. The molecule has 0 spiro atoms. The summed E-state index contributed by atoms with van der Waals surface area (Å²) in [6, 6.07) is 8.45. The van der Waals surface area contributed by atoms with E-state index in [9.17, 15) is 0 Å². The van der Waals surface area contributed by atoms with Gasteiger partial charge in [-0.25, -0.2) is 0 Å². The van der Waals surface area contributed by atoms with Crippen molar-refractivity contribution in [3.05, 3.63) is 29.8 Å². The van der Waals surface area contributed by atoms with Crippen LogP contribution in [0.4, 0.5) is 0 Å². The van der Waals surface area contributed by atoms with Gasteiger partial charge in [0.2, 0.25) is 0 Å². The number of rotatable bonds is 8. The molecule has 0 unspecified atom stereocenters. The zero-order valence-corrected chi connectivity index (χ0v) is 11.3. The first-order chi connectivity index (χ1) is 8.22. The zero-order valence-electron chi connectivity index (χ0n) is 11.3. The second-order valence-corrected chi connectivity index (χ2v) is 4.62. The molecule has 0 heterocycles. The molecule has 1 aromatic rings. The third-order valence-electron chi connectivity index (χ3n) is 2.59. The van der Waals surface area contributed by atoms with Crippen LogP contribution >= 0.6 is 0 Å². The summed E-state index contributed by atoms with van der Waals surface area (Å²) in [5.41, 5.74) is 1.37. The van der Waals surface area contributed by atoms with Crippen LogP contribution in [0.3, 0.4) is 0 Å². The third kappa shape index (κ3) is 6.32. The van der Waals surface area contributed by atoms with E-state index in [1.807, 2.05) is 6.07 Å². The van der Waals surface area contributed by atoms with Gasteiger partial charge in [-0.15, -0.1) is 0 Å². The van der Waals surface area contributed by atoms with Crippen LogP contribution in [-0.2, 0) is 6.42 Å². The molecule has 1 aromatic carbocycles. The van der Waals surface area contributed by atoms with Crippen molar-refractivity contribution in [3.8, 4) is 5.75 Å². The summed E-state index contributed by atoms with van der Waals surface area (Å²) in [6.45, 7) is 8.45. The Kier molecular flexibility index (Phi) is 6.71. The molecule has 2 heteroatoms. The summed E-state index contributed by atoms with van der Waals surface area (Å²) in [6.07, 6.45) is 3.86. The highest BCUT2D eigenvalue weighted by Crippen LogP contribution is 2.16. The minimum Gasteiger partial charge on any atom is -0.491 e. The van der Waals surface area contributed by atoms with E-state index in [2.05, 4.69) is 44.3 Å². The molecule has 1 N–H and O–H groups in total. The van der Waals surface area contributed by atoms with Crippen LogP contribution in [0, 0.1) is 0 Å². The Bertz CT molecular complexity index is 310. The van der Waals surface area contributed by atoms with Crippen LogP contribution in [0.5, 0.6) is 5.75 Å². The van der Waals surface area contributed by atoms with Crippen LogP contribution in [0.25, 0.3) is 0 Å². The van der Waals surface area contributed by atoms with Crippen molar-refractivity contribution in [1.82, 2.24) is 5.32 Å². The maximum absolute atomic E-state index is 5.69. The first-order valence-electron chi connectivity index (χ1n) is 6.68. The highest BCUT2D eigenvalue weighted by molar-refractivity contribution is 5.28. The fourth-order valence-corrected chi connectivity index (χ4v) is 1.80. The van der Waals surface area contributed by atoms with Crippen LogP contribution in [-0.4, -0.2) is 19.2 Å². The Hall–Kier alpha value is -1.02. The monoisotopic (exact) mass is 235 g/mol. The molecule has 0 aromatic heterocycles. The first kappa shape index (κ1) is 14.0. The highest BCUT2D eigenvalue weighted by atomic mass is 16.5. The molecule has 0 fully saturated rings. The minimum absolute atomic E-state index is 0.249. The van der Waals surface area contributed by atoms with Gasteiger partial charge in [0.05, 0.1) is 6.10 Å². The topological polar surface area (TPSA) is 21.3 Å². The van der Waals surface area contributed by atoms with Crippen molar-refractivity contribution >= 4 is 0 Å². The first-order valence-corrected chi connectivity index (χ1v) is 6.68. The van der Waals surface area contributed by atoms with Gasteiger partial charge in [-0.05, 0) is 63.9 Å². The van der Waals surface area contributed by atoms with Gasteiger partial charge in [0, 0.05) is 0 Å². The molecular formula is C15H25NO. The molecule has 0 saturated heterocycles. The Morgan fingerprint density at radius 3 is 2.76 bits per heavy atom. The maximum Gasteiger partial charge on any atom is 0.119 e. The molecule has 0 aliphatic rings. The van der Waals surface area contributed by atoms with Crippen molar-refractivity contribution in [1.29, 1.82) is 0 Å². The molecule has 0 saturated carbocycles. The van der Waals surface area contributed by atoms with Gasteiger partial charge < -0.3 is 10.1 Å². The standard InChI is InChI=1S/C15H25NO/c1-4-16-11-6-5-8-14-9-7-10-15(12-14)17-13(2)3/h7,9-10,12-13,16H,4-6,8,11H2,1-3H3. The van der Waals surface area contributed by atoms with Gasteiger partial charge in [0.25, 0.3) is 0 Å². The van der Waals surface area contributed by atoms with E-state index in [0.717, 1.165) is 25.3 Å². The summed E-state index contributed by atoms with van der Waals surface area (Å²) >= 11 is 0. The average Bonchev–Trinajstić information content (AvgIpc) is 2.28. The van der Waals surface area contributed by atoms with Gasteiger partial charge >= 0.3 is 0 Å². The van der Waals surface area contributed by atoms with E-state index >= 15 is 0 Å². The van der Waals surface area contributed by atoms with Gasteiger partial charge in [-0.3, -0.25) is 0 Å². The molecule has 0 amide bonds. The predicted octanol–water partition coefficient (Wildman–Crippen LogP) is 3.41. The number of ether oxygens (including phenoxy) is 1. The summed E-state index contributed by atoms with van der Waals surface area (Å²) in [4.78, 5) is 0. The third-order valence-corrected chi connectivity index (χ3v) is 2.59. The minimum atomic E-state index is 0.249. The highest BCUT2D eigenvalue weighted by Gasteiger charge is 1.99. The molecule has 0 aliphatic heterocycles. The number of hydrogen-bond acceptors (Lipinski definition) is 2. The van der Waals surface area contributed by atoms with Crippen LogP contribution in [0.15, 0.2) is 24.3 Å². The summed E-state index contributed by atoms with van der Waals surface area (Å²) in [7, 11) is 0. The fourth-order valence-electron chi connectivity index (χ4n) is 1.80. The van der Waals surface area contributed by atoms with E-state index in [1.165, 1.54) is 18.4 Å². The molecular weight excluding hydrogens is 210 g/mol. The number of hydrogen-bond donors (Lipinski definition) is 1. The van der Waals surface area contributed by atoms with Crippen molar-refractivity contribution in [3.63, 3.8) is 0 Å². The van der Waals surface area contributed by atoms with E-state index in [0.29, 0.717) is 0 Å². The predicted molar refractivity (Wildman–Crippen MR) is 73.7 cm³/mol. The smallest absolute Gasteiger partial charge is 0.119 e. The van der Waals surface area contributed by atoms with Crippen LogP contribution in [0.1, 0.15) is 39.2 Å². The van der Waals surface area contributed by atoms with E-state index < -0.39 is 0 Å². The Labute approximate surface area is 105 Å². The number of benzene rings is 1. The SMILES string of the molecule is CCNCCCCc1cccc(OC(C)C)c1. The second kappa shape index (κ2) is 8.13. The van der Waals surface area contributed by atoms with Crippen molar-refractivity contribution in [2.24, 2.45) is 0 Å². The van der Waals surface area contributed by atoms with Gasteiger partial charge in [-0.1, -0.05) is 19.1 Å². The quantitative estimate of drug-likeness (QED) is 0.697. The number of unbranched alkanes of at least 4 members (excludes halogenated alkanes) is 1. The summed E-state index contributed by atoms with van der Waals surface area (Å²) < 4.78 is 5.69. The van der Waals surface area contributed by atoms with E-state index in [4.69, 9.17) is 4.74 Å². The lowest BCUT2D eigenvalue weighted by molar-refractivity contribution is 0.242. The van der Waals surface area contributed by atoms with Gasteiger partial charge in [0.15, 0.2) is 0 Å². The lowest BCUT2D eigenvalue weighted by Gasteiger charge is -2.10. The van der Waals surface area contributed by atoms with E-state index in [1.54, 1.807) is 0 Å². The lowest BCUT2D eigenvalue weighted by atomic mass is 10.1. The van der Waals surface area contributed by atoms with E-state index in [-0.39, 0.29) is 6.10 Å². The van der Waals surface area contributed by atoms with Gasteiger partial charge in [-0.2, -0.15) is 0 Å². The normalized spacial score (nSPS) is 10.8. The summed E-state index contributed by atoms with van der Waals surface area (Å²) in [5.74, 6) is 0.990. The molecule has 0 bridgehead atoms. The number of nitrogens with one attached hydrogen (secondary N) is 1. The van der Waals surface area contributed by atoms with Crippen molar-refractivity contribution < 1.29 is 4.74 Å². The van der Waals surface area contributed by atoms with Gasteiger partial charge in [0.1, 0.15) is 5.75 Å². The molecule has 17 heavy (non-hydrogen) atoms. The molecule has 96 valence electrons.